The number of carbonyl (C=O) groups excluding carboxylic acids is 1. The van der Waals surface area contributed by atoms with Gasteiger partial charge in [-0.15, -0.1) is 0 Å². The summed E-state index contributed by atoms with van der Waals surface area (Å²) in [5.41, 5.74) is 1.68. The summed E-state index contributed by atoms with van der Waals surface area (Å²) in [6.07, 6.45) is 13.3. The number of ether oxygens (including phenoxy) is 2. The van der Waals surface area contributed by atoms with Gasteiger partial charge in [0.1, 0.15) is 23.1 Å². The van der Waals surface area contributed by atoms with Crippen molar-refractivity contribution in [2.75, 3.05) is 14.2 Å². The number of rotatable bonds is 8. The standard InChI is InChI=1S/C25H22N4O3/c1-31-22-9-5-3-7-20(22)28-17-15-26-24(28)13-11-19(30)12-14-25-27-16-18-29(25)21-8-4-6-10-23(21)32-2/h3-18H,1-2H3/b13-11+,14-12+. The maximum absolute atomic E-state index is 12.5. The first-order valence-electron chi connectivity index (χ1n) is 9.95. The molecule has 0 atom stereocenters. The number of ketones is 1. The van der Waals surface area contributed by atoms with Gasteiger partial charge >= 0.3 is 0 Å². The van der Waals surface area contributed by atoms with Crippen molar-refractivity contribution in [1.82, 2.24) is 19.1 Å². The highest BCUT2D eigenvalue weighted by Crippen LogP contribution is 2.24. The monoisotopic (exact) mass is 426 g/mol. The Labute approximate surface area is 185 Å². The van der Waals surface area contributed by atoms with Crippen molar-refractivity contribution in [3.05, 3.63) is 97.1 Å². The third-order valence-corrected chi connectivity index (χ3v) is 4.82. The summed E-state index contributed by atoms with van der Waals surface area (Å²) in [5, 5.41) is 0. The van der Waals surface area contributed by atoms with E-state index in [2.05, 4.69) is 9.97 Å². The Hall–Kier alpha value is -4.39. The van der Waals surface area contributed by atoms with Gasteiger partial charge in [0.15, 0.2) is 5.78 Å². The fourth-order valence-electron chi connectivity index (χ4n) is 3.31. The lowest BCUT2D eigenvalue weighted by atomic mass is 10.2. The van der Waals surface area contributed by atoms with Gasteiger partial charge in [0.05, 0.1) is 25.6 Å². The van der Waals surface area contributed by atoms with Crippen LogP contribution >= 0.6 is 0 Å². The summed E-state index contributed by atoms with van der Waals surface area (Å²) in [7, 11) is 3.24. The molecule has 0 amide bonds. The molecule has 0 aliphatic rings. The van der Waals surface area contributed by atoms with E-state index in [1.54, 1.807) is 38.8 Å². The number of imidazole rings is 2. The molecule has 0 saturated heterocycles. The third-order valence-electron chi connectivity index (χ3n) is 4.82. The molecule has 0 fully saturated rings. The fourth-order valence-corrected chi connectivity index (χ4v) is 3.31. The Morgan fingerprint density at radius 1 is 0.750 bits per heavy atom. The number of allylic oxidation sites excluding steroid dienone is 2. The van der Waals surface area contributed by atoms with Crippen molar-refractivity contribution in [3.63, 3.8) is 0 Å². The first-order valence-corrected chi connectivity index (χ1v) is 9.95. The molecule has 0 unspecified atom stereocenters. The van der Waals surface area contributed by atoms with Crippen molar-refractivity contribution < 1.29 is 14.3 Å². The molecule has 4 rings (SSSR count). The van der Waals surface area contributed by atoms with E-state index in [1.165, 1.54) is 12.2 Å². The number of benzene rings is 2. The second kappa shape index (κ2) is 9.61. The van der Waals surface area contributed by atoms with E-state index in [1.807, 2.05) is 70.1 Å². The molecule has 0 bridgehead atoms. The van der Waals surface area contributed by atoms with Crippen molar-refractivity contribution in [2.24, 2.45) is 0 Å². The average molecular weight is 426 g/mol. The summed E-state index contributed by atoms with van der Waals surface area (Å²) in [5.74, 6) is 2.48. The van der Waals surface area contributed by atoms with Crippen molar-refractivity contribution in [3.8, 4) is 22.9 Å². The van der Waals surface area contributed by atoms with E-state index in [9.17, 15) is 4.79 Å². The van der Waals surface area contributed by atoms with Crippen molar-refractivity contribution in [2.45, 2.75) is 0 Å². The smallest absolute Gasteiger partial charge is 0.178 e. The molecule has 0 aliphatic carbocycles. The van der Waals surface area contributed by atoms with Gasteiger partial charge in [-0.05, 0) is 48.6 Å². The van der Waals surface area contributed by atoms with E-state index in [4.69, 9.17) is 9.47 Å². The van der Waals surface area contributed by atoms with Gasteiger partial charge in [-0.25, -0.2) is 9.97 Å². The van der Waals surface area contributed by atoms with Crippen LogP contribution in [0.1, 0.15) is 11.6 Å². The minimum Gasteiger partial charge on any atom is -0.495 e. The summed E-state index contributed by atoms with van der Waals surface area (Å²) in [6, 6.07) is 15.2. The van der Waals surface area contributed by atoms with Crippen LogP contribution in [0, 0.1) is 0 Å². The first kappa shape index (κ1) is 20.9. The predicted octanol–water partition coefficient (Wildman–Crippen LogP) is 4.37. The van der Waals surface area contributed by atoms with Crippen LogP contribution in [0.5, 0.6) is 11.5 Å². The number of para-hydroxylation sites is 4. The molecule has 32 heavy (non-hydrogen) atoms. The molecule has 2 aromatic heterocycles. The number of carbonyl (C=O) groups is 1. The molecule has 160 valence electrons. The second-order valence-corrected chi connectivity index (χ2v) is 6.72. The van der Waals surface area contributed by atoms with Crippen molar-refractivity contribution >= 4 is 17.9 Å². The topological polar surface area (TPSA) is 71.2 Å². The van der Waals surface area contributed by atoms with E-state index >= 15 is 0 Å². The molecule has 4 aromatic rings. The number of hydrogen-bond donors (Lipinski definition) is 0. The van der Waals surface area contributed by atoms with Crippen LogP contribution in [0.3, 0.4) is 0 Å². The fraction of sp³-hybridized carbons (Fsp3) is 0.0800. The molecule has 0 aliphatic heterocycles. The van der Waals surface area contributed by atoms with E-state index in [-0.39, 0.29) is 5.78 Å². The zero-order chi connectivity index (χ0) is 22.3. The minimum absolute atomic E-state index is 0.186. The highest BCUT2D eigenvalue weighted by molar-refractivity contribution is 6.04. The highest BCUT2D eigenvalue weighted by atomic mass is 16.5. The SMILES string of the molecule is COc1ccccc1-n1ccnc1/C=C/C(=O)/C=C/c1nccn1-c1ccccc1OC. The first-order chi connectivity index (χ1) is 15.7. The summed E-state index contributed by atoms with van der Waals surface area (Å²) in [6.45, 7) is 0. The highest BCUT2D eigenvalue weighted by Gasteiger charge is 2.09. The van der Waals surface area contributed by atoms with Gasteiger partial charge in [0.25, 0.3) is 0 Å². The maximum Gasteiger partial charge on any atom is 0.178 e. The average Bonchev–Trinajstić information content (AvgIpc) is 3.50. The Morgan fingerprint density at radius 3 is 1.62 bits per heavy atom. The Bertz CT molecular complexity index is 1190. The Balaban J connectivity index is 1.53. The molecular weight excluding hydrogens is 404 g/mol. The third kappa shape index (κ3) is 4.37. The van der Waals surface area contributed by atoms with Crippen LogP contribution in [0.25, 0.3) is 23.5 Å². The second-order valence-electron chi connectivity index (χ2n) is 6.72. The Morgan fingerprint density at radius 2 is 1.19 bits per heavy atom. The number of hydrogen-bond acceptors (Lipinski definition) is 5. The molecule has 0 saturated carbocycles. The molecular formula is C25H22N4O3. The normalized spacial score (nSPS) is 11.3. The molecule has 2 aromatic carbocycles. The molecule has 0 radical (unpaired) electrons. The largest absolute Gasteiger partial charge is 0.495 e. The number of methoxy groups -OCH3 is 2. The van der Waals surface area contributed by atoms with Gasteiger partial charge in [-0.1, -0.05) is 24.3 Å². The summed E-state index contributed by atoms with van der Waals surface area (Å²) in [4.78, 5) is 21.2. The zero-order valence-corrected chi connectivity index (χ0v) is 17.8. The summed E-state index contributed by atoms with van der Waals surface area (Å²) >= 11 is 0. The lowest BCUT2D eigenvalue weighted by molar-refractivity contribution is -0.110. The lowest BCUT2D eigenvalue weighted by Crippen LogP contribution is -2.00. The maximum atomic E-state index is 12.5. The predicted molar refractivity (Wildman–Crippen MR) is 123 cm³/mol. The van der Waals surface area contributed by atoms with Crippen LogP contribution in [0.2, 0.25) is 0 Å². The van der Waals surface area contributed by atoms with Gasteiger partial charge in [-0.3, -0.25) is 13.9 Å². The van der Waals surface area contributed by atoms with Gasteiger partial charge in [0, 0.05) is 24.8 Å². The molecule has 7 heteroatoms. The molecule has 2 heterocycles. The van der Waals surface area contributed by atoms with Gasteiger partial charge in [-0.2, -0.15) is 0 Å². The number of nitrogens with zero attached hydrogens (tertiary/aromatic N) is 4. The van der Waals surface area contributed by atoms with Crippen LogP contribution in [0.15, 0.2) is 85.5 Å². The van der Waals surface area contributed by atoms with Crippen LogP contribution in [-0.2, 0) is 4.79 Å². The van der Waals surface area contributed by atoms with Gasteiger partial charge < -0.3 is 9.47 Å². The van der Waals surface area contributed by atoms with Crippen LogP contribution in [0.4, 0.5) is 0 Å². The lowest BCUT2D eigenvalue weighted by Gasteiger charge is -2.10. The van der Waals surface area contributed by atoms with E-state index in [0.29, 0.717) is 11.6 Å². The molecule has 7 nitrogen and oxygen atoms in total. The quantitative estimate of drug-likeness (QED) is 0.391. The summed E-state index contributed by atoms with van der Waals surface area (Å²) < 4.78 is 14.6. The van der Waals surface area contributed by atoms with Crippen LogP contribution in [-0.4, -0.2) is 39.1 Å². The van der Waals surface area contributed by atoms with Crippen molar-refractivity contribution in [1.29, 1.82) is 0 Å². The van der Waals surface area contributed by atoms with E-state index < -0.39 is 0 Å². The number of aromatic nitrogens is 4. The van der Waals surface area contributed by atoms with E-state index in [0.717, 1.165) is 22.9 Å². The van der Waals surface area contributed by atoms with Gasteiger partial charge in [0.2, 0.25) is 0 Å². The molecule has 0 N–H and O–H groups in total. The minimum atomic E-state index is -0.186. The zero-order valence-electron chi connectivity index (χ0n) is 17.8. The Kier molecular flexibility index (Phi) is 6.27. The van der Waals surface area contributed by atoms with Crippen LogP contribution < -0.4 is 9.47 Å². The molecule has 0 spiro atoms.